The van der Waals surface area contributed by atoms with Crippen LogP contribution < -0.4 is 10.6 Å². The van der Waals surface area contributed by atoms with E-state index in [9.17, 15) is 0 Å². The van der Waals surface area contributed by atoms with Crippen molar-refractivity contribution in [2.45, 2.75) is 32.4 Å². The maximum Gasteiger partial charge on any atom is 2.00 e. The van der Waals surface area contributed by atoms with Crippen molar-refractivity contribution in [2.24, 2.45) is 0 Å². The van der Waals surface area contributed by atoms with Crippen LogP contribution in [0.25, 0.3) is 11.4 Å². The van der Waals surface area contributed by atoms with Gasteiger partial charge in [0.1, 0.15) is 0 Å². The first-order valence-electron chi connectivity index (χ1n) is 9.54. The number of rotatable bonds is 0. The Morgan fingerprint density at radius 3 is 1.66 bits per heavy atom. The molecule has 0 radical (unpaired) electrons. The van der Waals surface area contributed by atoms with E-state index in [1.54, 1.807) is 0 Å². The zero-order chi connectivity index (χ0) is 19.5. The normalized spacial score (nSPS) is 15.9. The first kappa shape index (κ1) is 20.1. The molecule has 148 valence electrons. The van der Waals surface area contributed by atoms with Gasteiger partial charge in [0.2, 0.25) is 0 Å². The maximum absolute atomic E-state index is 4.92. The van der Waals surface area contributed by atoms with Crippen LogP contribution in [0.4, 0.5) is 0 Å². The van der Waals surface area contributed by atoms with Gasteiger partial charge >= 0.3 is 21.1 Å². The van der Waals surface area contributed by atoms with Crippen LogP contribution >= 0.6 is 0 Å². The number of nitrogens with zero attached hydrogens (tertiary/aromatic N) is 4. The monoisotopic (exact) mass is 577 g/mol. The number of fused-ring (bicyclic) bond motifs is 10. The molecule has 6 heteroatoms. The van der Waals surface area contributed by atoms with Gasteiger partial charge in [-0.3, -0.25) is 9.36 Å². The van der Waals surface area contributed by atoms with Gasteiger partial charge in [-0.25, -0.2) is 0 Å². The summed E-state index contributed by atoms with van der Waals surface area (Å²) in [5.41, 5.74) is 3.91. The van der Waals surface area contributed by atoms with E-state index in [0.29, 0.717) is 0 Å². The third-order valence-electron chi connectivity index (χ3n) is 5.86. The fraction of sp³-hybridized carbons (Fsp3) is 0.217. The molecule has 0 N–H and O–H groups in total. The molecule has 5 rings (SSSR count). The molecule has 8 bridgehead atoms. The Morgan fingerprint density at radius 2 is 1.21 bits per heavy atom. The molecular weight excluding hydrogens is 555 g/mol. The van der Waals surface area contributed by atoms with E-state index in [4.69, 9.17) is 10.2 Å². The predicted molar refractivity (Wildman–Crippen MR) is 114 cm³/mol. The summed E-state index contributed by atoms with van der Waals surface area (Å²) in [6.45, 7) is 9.01. The Kier molecular flexibility index (Phi) is 4.79. The van der Waals surface area contributed by atoms with Gasteiger partial charge in [-0.05, 0) is 28.9 Å². The van der Waals surface area contributed by atoms with Crippen LogP contribution in [0.1, 0.15) is 25.0 Å². The van der Waals surface area contributed by atoms with Crippen LogP contribution in [0.5, 0.6) is 0 Å². The molecule has 2 aromatic heterocycles. The van der Waals surface area contributed by atoms with E-state index in [1.807, 2.05) is 21.8 Å². The fourth-order valence-corrected chi connectivity index (χ4v) is 5.73. The van der Waals surface area contributed by atoms with Gasteiger partial charge in [-0.15, -0.1) is 12.1 Å². The quantitative estimate of drug-likeness (QED) is 0.238. The van der Waals surface area contributed by atoms with E-state index in [2.05, 4.69) is 87.6 Å². The Bertz CT molecular complexity index is 1100. The van der Waals surface area contributed by atoms with E-state index in [0.717, 1.165) is 33.1 Å². The third-order valence-corrected chi connectivity index (χ3v) is 8.95. The van der Waals surface area contributed by atoms with Crippen molar-refractivity contribution < 1.29 is 21.1 Å². The standard InChI is InChI=1S/C23H22N4Si.Pt/c1-23(2)17-7-5-9-19(15-17)26-13-11-21(24-26)28(3,4)22-12-14-27(25-22)20-10-6-8-18(23)16-20;/h5-14H,1-4H3;/q-2;+2. The molecule has 0 saturated carbocycles. The van der Waals surface area contributed by atoms with Crippen molar-refractivity contribution in [1.82, 2.24) is 19.6 Å². The zero-order valence-corrected chi connectivity index (χ0v) is 20.2. The molecule has 4 nitrogen and oxygen atoms in total. The molecule has 0 amide bonds. The van der Waals surface area contributed by atoms with E-state index >= 15 is 0 Å². The SMILES string of the molecule is CC1(C)c2[c-]c(ccc2)-n2ccc(n2)[Si](C)(C)c2ccn(n2)-c2[c-]c1ccc2.[Pt+2]. The second-order valence-electron chi connectivity index (χ2n) is 8.44. The molecule has 0 saturated heterocycles. The van der Waals surface area contributed by atoms with Gasteiger partial charge in [0.15, 0.2) is 8.07 Å². The average molecular weight is 578 g/mol. The molecule has 0 fully saturated rings. The Morgan fingerprint density at radius 1 is 0.759 bits per heavy atom. The van der Waals surface area contributed by atoms with Gasteiger partial charge < -0.3 is 0 Å². The fourth-order valence-electron chi connectivity index (χ4n) is 3.77. The largest absolute Gasteiger partial charge is 2.00 e. The van der Waals surface area contributed by atoms with E-state index < -0.39 is 8.07 Å². The van der Waals surface area contributed by atoms with Crippen molar-refractivity contribution in [2.75, 3.05) is 0 Å². The summed E-state index contributed by atoms with van der Waals surface area (Å²) in [6.07, 6.45) is 4.07. The number of hydrogen-bond acceptors (Lipinski definition) is 2. The molecule has 2 aromatic carbocycles. The molecule has 0 atom stereocenters. The van der Waals surface area contributed by atoms with Crippen molar-refractivity contribution in [3.8, 4) is 11.4 Å². The molecule has 0 unspecified atom stereocenters. The molecule has 1 aliphatic rings. The second-order valence-corrected chi connectivity index (χ2v) is 12.7. The second kappa shape index (κ2) is 6.93. The molecule has 0 aliphatic carbocycles. The molecule has 3 heterocycles. The summed E-state index contributed by atoms with van der Waals surface area (Å²) in [5.74, 6) is 0. The van der Waals surface area contributed by atoms with E-state index in [-0.39, 0.29) is 26.5 Å². The molecule has 0 spiro atoms. The Balaban J connectivity index is 0.00000205. The molecular formula is C23H22N4PtSi. The number of benzene rings is 2. The summed E-state index contributed by atoms with van der Waals surface area (Å²) < 4.78 is 3.87. The predicted octanol–water partition coefficient (Wildman–Crippen LogP) is 3.12. The van der Waals surface area contributed by atoms with Gasteiger partial charge in [0.05, 0.1) is 10.6 Å². The van der Waals surface area contributed by atoms with Crippen LogP contribution in [-0.2, 0) is 26.5 Å². The van der Waals surface area contributed by atoms with Gasteiger partial charge in [0.25, 0.3) is 0 Å². The summed E-state index contributed by atoms with van der Waals surface area (Å²) in [6, 6.07) is 24.0. The topological polar surface area (TPSA) is 35.6 Å². The number of hydrogen-bond donors (Lipinski definition) is 0. The first-order chi connectivity index (χ1) is 13.4. The summed E-state index contributed by atoms with van der Waals surface area (Å²) in [7, 11) is -2.00. The van der Waals surface area contributed by atoms with Gasteiger partial charge in [-0.1, -0.05) is 26.9 Å². The number of aromatic nitrogens is 4. The minimum Gasteiger partial charge on any atom is -0.266 e. The molecule has 1 aliphatic heterocycles. The van der Waals surface area contributed by atoms with Crippen molar-refractivity contribution >= 4 is 18.7 Å². The first-order valence-corrected chi connectivity index (χ1v) is 12.5. The van der Waals surface area contributed by atoms with Crippen molar-refractivity contribution in [1.29, 1.82) is 0 Å². The minimum absolute atomic E-state index is 0. The van der Waals surface area contributed by atoms with Crippen molar-refractivity contribution in [3.05, 3.63) is 84.2 Å². The van der Waals surface area contributed by atoms with Crippen LogP contribution in [0.3, 0.4) is 0 Å². The average Bonchev–Trinajstić information content (AvgIpc) is 3.38. The molecule has 4 aromatic rings. The van der Waals surface area contributed by atoms with Crippen LogP contribution in [-0.4, -0.2) is 27.6 Å². The summed E-state index contributed by atoms with van der Waals surface area (Å²) in [5, 5.41) is 12.1. The molecule has 29 heavy (non-hydrogen) atoms. The van der Waals surface area contributed by atoms with E-state index in [1.165, 1.54) is 0 Å². The van der Waals surface area contributed by atoms with Crippen LogP contribution in [0.15, 0.2) is 60.9 Å². The zero-order valence-electron chi connectivity index (χ0n) is 16.9. The van der Waals surface area contributed by atoms with Crippen LogP contribution in [0.2, 0.25) is 13.1 Å². The van der Waals surface area contributed by atoms with Gasteiger partial charge in [-0.2, -0.15) is 57.7 Å². The van der Waals surface area contributed by atoms with Crippen molar-refractivity contribution in [3.63, 3.8) is 0 Å². The third kappa shape index (κ3) is 3.17. The van der Waals surface area contributed by atoms with Gasteiger partial charge in [0, 0.05) is 12.4 Å². The van der Waals surface area contributed by atoms with Crippen LogP contribution in [0, 0.1) is 12.1 Å². The maximum atomic E-state index is 4.92. The Hall–Kier alpha value is -2.23. The smallest absolute Gasteiger partial charge is 0.266 e. The minimum atomic E-state index is -2.00. The summed E-state index contributed by atoms with van der Waals surface area (Å²) >= 11 is 0. The summed E-state index contributed by atoms with van der Waals surface area (Å²) in [4.78, 5) is 0. The Labute approximate surface area is 186 Å².